The summed E-state index contributed by atoms with van der Waals surface area (Å²) in [6, 6.07) is 14.9. The predicted molar refractivity (Wildman–Crippen MR) is 75.9 cm³/mol. The molecule has 2 heterocycles. The molecule has 4 rings (SSSR count). The molecule has 1 aliphatic heterocycles. The number of fused-ring (bicyclic) bond motifs is 2. The molecular formula is C16H15N3. The lowest BCUT2D eigenvalue weighted by Gasteiger charge is -2.15. The van der Waals surface area contributed by atoms with Gasteiger partial charge in [0.2, 0.25) is 0 Å². The van der Waals surface area contributed by atoms with Crippen LogP contribution in [0.1, 0.15) is 18.7 Å². The van der Waals surface area contributed by atoms with E-state index in [0.717, 1.165) is 24.6 Å². The van der Waals surface area contributed by atoms with E-state index < -0.39 is 0 Å². The van der Waals surface area contributed by atoms with Gasteiger partial charge in [-0.25, -0.2) is 0 Å². The summed E-state index contributed by atoms with van der Waals surface area (Å²) in [6.07, 6.45) is 3.51. The van der Waals surface area contributed by atoms with Crippen molar-refractivity contribution in [1.82, 2.24) is 14.8 Å². The van der Waals surface area contributed by atoms with Gasteiger partial charge in [-0.1, -0.05) is 42.5 Å². The van der Waals surface area contributed by atoms with E-state index >= 15 is 0 Å². The largest absolute Gasteiger partial charge is 0.311 e. The second-order valence-corrected chi connectivity index (χ2v) is 5.08. The van der Waals surface area contributed by atoms with Crippen molar-refractivity contribution in [3.63, 3.8) is 0 Å². The molecule has 0 saturated carbocycles. The zero-order chi connectivity index (χ0) is 12.7. The van der Waals surface area contributed by atoms with Crippen molar-refractivity contribution < 1.29 is 0 Å². The lowest BCUT2D eigenvalue weighted by molar-refractivity contribution is 0.526. The molecule has 0 atom stereocenters. The first-order valence-electron chi connectivity index (χ1n) is 6.84. The quantitative estimate of drug-likeness (QED) is 0.661. The van der Waals surface area contributed by atoms with Crippen LogP contribution in [0.4, 0.5) is 0 Å². The fourth-order valence-electron chi connectivity index (χ4n) is 2.93. The first-order chi connectivity index (χ1) is 9.43. The minimum atomic E-state index is 1.02. The molecule has 0 saturated heterocycles. The van der Waals surface area contributed by atoms with Crippen LogP contribution in [0.2, 0.25) is 0 Å². The molecule has 0 unspecified atom stereocenters. The molecule has 19 heavy (non-hydrogen) atoms. The minimum Gasteiger partial charge on any atom is -0.311 e. The molecule has 1 aliphatic rings. The molecule has 0 radical (unpaired) electrons. The van der Waals surface area contributed by atoms with E-state index in [4.69, 9.17) is 0 Å². The van der Waals surface area contributed by atoms with Crippen LogP contribution in [-0.2, 0) is 13.0 Å². The number of hydrogen-bond donors (Lipinski definition) is 0. The Balaban J connectivity index is 1.98. The number of nitrogens with zero attached hydrogens (tertiary/aromatic N) is 3. The fraction of sp³-hybridized carbons (Fsp3) is 0.250. The Morgan fingerprint density at radius 2 is 1.79 bits per heavy atom. The van der Waals surface area contributed by atoms with Crippen molar-refractivity contribution in [3.05, 3.63) is 48.3 Å². The van der Waals surface area contributed by atoms with Crippen LogP contribution in [0.15, 0.2) is 42.5 Å². The number of benzene rings is 2. The molecule has 3 nitrogen and oxygen atoms in total. The first kappa shape index (κ1) is 10.7. The summed E-state index contributed by atoms with van der Waals surface area (Å²) in [6.45, 7) is 1.04. The molecule has 0 spiro atoms. The average Bonchev–Trinajstić information content (AvgIpc) is 2.90. The van der Waals surface area contributed by atoms with Gasteiger partial charge in [-0.05, 0) is 23.6 Å². The fourth-order valence-corrected chi connectivity index (χ4v) is 2.93. The molecule has 0 fully saturated rings. The topological polar surface area (TPSA) is 30.7 Å². The van der Waals surface area contributed by atoms with Gasteiger partial charge in [-0.15, -0.1) is 10.2 Å². The Labute approximate surface area is 111 Å². The van der Waals surface area contributed by atoms with Crippen LogP contribution in [0.5, 0.6) is 0 Å². The van der Waals surface area contributed by atoms with Crippen molar-refractivity contribution in [1.29, 1.82) is 0 Å². The zero-order valence-corrected chi connectivity index (χ0v) is 10.7. The van der Waals surface area contributed by atoms with Crippen LogP contribution in [-0.4, -0.2) is 14.8 Å². The minimum absolute atomic E-state index is 1.02. The monoisotopic (exact) mass is 249 g/mol. The van der Waals surface area contributed by atoms with E-state index in [1.54, 1.807) is 0 Å². The van der Waals surface area contributed by atoms with Crippen molar-refractivity contribution in [2.45, 2.75) is 25.8 Å². The van der Waals surface area contributed by atoms with Crippen LogP contribution in [0.25, 0.3) is 22.2 Å². The molecule has 0 amide bonds. The van der Waals surface area contributed by atoms with E-state index in [2.05, 4.69) is 57.2 Å². The van der Waals surface area contributed by atoms with Gasteiger partial charge < -0.3 is 4.57 Å². The van der Waals surface area contributed by atoms with Gasteiger partial charge in [0.15, 0.2) is 5.82 Å². The Morgan fingerprint density at radius 1 is 0.895 bits per heavy atom. The number of hydrogen-bond acceptors (Lipinski definition) is 2. The third kappa shape index (κ3) is 1.65. The maximum Gasteiger partial charge on any atom is 0.164 e. The third-order valence-electron chi connectivity index (χ3n) is 3.89. The number of aryl methyl sites for hydroxylation is 1. The highest BCUT2D eigenvalue weighted by molar-refractivity contribution is 5.95. The molecule has 0 aliphatic carbocycles. The van der Waals surface area contributed by atoms with Crippen molar-refractivity contribution in [2.24, 2.45) is 0 Å². The third-order valence-corrected chi connectivity index (χ3v) is 3.89. The van der Waals surface area contributed by atoms with E-state index in [-0.39, 0.29) is 0 Å². The molecule has 3 heteroatoms. The maximum atomic E-state index is 4.43. The number of aromatic nitrogens is 3. The van der Waals surface area contributed by atoms with Crippen LogP contribution < -0.4 is 0 Å². The summed E-state index contributed by atoms with van der Waals surface area (Å²) >= 11 is 0. The van der Waals surface area contributed by atoms with E-state index in [1.165, 1.54) is 29.2 Å². The highest BCUT2D eigenvalue weighted by Crippen LogP contribution is 2.29. The summed E-state index contributed by atoms with van der Waals surface area (Å²) in [5.74, 6) is 2.15. The van der Waals surface area contributed by atoms with Crippen LogP contribution in [0, 0.1) is 0 Å². The normalized spacial score (nSPS) is 14.5. The second-order valence-electron chi connectivity index (χ2n) is 5.08. The van der Waals surface area contributed by atoms with Crippen molar-refractivity contribution >= 4 is 10.8 Å². The van der Waals surface area contributed by atoms with Gasteiger partial charge in [0.25, 0.3) is 0 Å². The molecule has 2 aromatic carbocycles. The standard InChI is InChI=1S/C16H15N3/c1-2-8-13-12(6-1)7-5-9-14(13)16-18-17-15-10-3-4-11-19(15)16/h1-2,5-9H,3-4,10-11H2. The molecule has 0 bridgehead atoms. The summed E-state index contributed by atoms with van der Waals surface area (Å²) in [7, 11) is 0. The smallest absolute Gasteiger partial charge is 0.164 e. The SMILES string of the molecule is c1ccc2c(-c3nnc4n3CCCC4)cccc2c1. The van der Waals surface area contributed by atoms with Crippen molar-refractivity contribution in [2.75, 3.05) is 0 Å². The number of rotatable bonds is 1. The highest BCUT2D eigenvalue weighted by atomic mass is 15.3. The summed E-state index contributed by atoms with van der Waals surface area (Å²) in [5.41, 5.74) is 1.19. The zero-order valence-electron chi connectivity index (χ0n) is 10.7. The molecule has 3 aromatic rings. The van der Waals surface area contributed by atoms with E-state index in [1.807, 2.05) is 0 Å². The summed E-state index contributed by atoms with van der Waals surface area (Å²) in [4.78, 5) is 0. The Hall–Kier alpha value is -2.16. The van der Waals surface area contributed by atoms with E-state index in [9.17, 15) is 0 Å². The molecule has 94 valence electrons. The van der Waals surface area contributed by atoms with E-state index in [0.29, 0.717) is 0 Å². The summed E-state index contributed by atoms with van der Waals surface area (Å²) in [5, 5.41) is 11.3. The second kappa shape index (κ2) is 4.19. The Morgan fingerprint density at radius 3 is 2.79 bits per heavy atom. The van der Waals surface area contributed by atoms with Gasteiger partial charge in [-0.2, -0.15) is 0 Å². The van der Waals surface area contributed by atoms with Gasteiger partial charge in [-0.3, -0.25) is 0 Å². The summed E-state index contributed by atoms with van der Waals surface area (Å²) < 4.78 is 2.28. The van der Waals surface area contributed by atoms with Gasteiger partial charge in [0.1, 0.15) is 5.82 Å². The van der Waals surface area contributed by atoms with Gasteiger partial charge in [0.05, 0.1) is 0 Å². The Kier molecular flexibility index (Phi) is 2.37. The lowest BCUT2D eigenvalue weighted by atomic mass is 10.0. The lowest BCUT2D eigenvalue weighted by Crippen LogP contribution is -2.11. The van der Waals surface area contributed by atoms with Gasteiger partial charge in [0, 0.05) is 18.5 Å². The Bertz CT molecular complexity index is 737. The van der Waals surface area contributed by atoms with Gasteiger partial charge >= 0.3 is 0 Å². The van der Waals surface area contributed by atoms with Crippen molar-refractivity contribution in [3.8, 4) is 11.4 Å². The first-order valence-corrected chi connectivity index (χ1v) is 6.84. The predicted octanol–water partition coefficient (Wildman–Crippen LogP) is 3.43. The average molecular weight is 249 g/mol. The van der Waals surface area contributed by atoms with Crippen LogP contribution >= 0.6 is 0 Å². The van der Waals surface area contributed by atoms with Crippen LogP contribution in [0.3, 0.4) is 0 Å². The maximum absolute atomic E-state index is 4.43. The molecule has 0 N–H and O–H groups in total. The molecule has 1 aromatic heterocycles. The highest BCUT2D eigenvalue weighted by Gasteiger charge is 2.17. The molecular weight excluding hydrogens is 234 g/mol.